The van der Waals surface area contributed by atoms with E-state index >= 15 is 0 Å². The van der Waals surface area contributed by atoms with Gasteiger partial charge in [0.1, 0.15) is 0 Å². The summed E-state index contributed by atoms with van der Waals surface area (Å²) in [5, 5.41) is 3.23. The number of methoxy groups -OCH3 is 1. The molecular weight excluding hydrogens is 192 g/mol. The van der Waals surface area contributed by atoms with Gasteiger partial charge in [-0.25, -0.2) is 0 Å². The fourth-order valence-electron chi connectivity index (χ4n) is 2.20. The molecule has 4 heteroatoms. The summed E-state index contributed by atoms with van der Waals surface area (Å²) in [7, 11) is 5.51. The van der Waals surface area contributed by atoms with E-state index < -0.39 is 0 Å². The second kappa shape index (κ2) is 6.08. The molecule has 1 aliphatic rings. The summed E-state index contributed by atoms with van der Waals surface area (Å²) in [6.07, 6.45) is 2.82. The Kier molecular flexibility index (Phi) is 5.05. The number of nitrogens with one attached hydrogen (secondary N) is 1. The summed E-state index contributed by atoms with van der Waals surface area (Å²) in [4.78, 5) is 13.6. The zero-order valence-corrected chi connectivity index (χ0v) is 9.95. The van der Waals surface area contributed by atoms with E-state index in [-0.39, 0.29) is 12.0 Å². The molecule has 0 amide bonds. The van der Waals surface area contributed by atoms with Gasteiger partial charge in [-0.2, -0.15) is 0 Å². The molecular formula is C11H22N2O2. The molecule has 1 atom stereocenters. The van der Waals surface area contributed by atoms with Gasteiger partial charge >= 0.3 is 5.97 Å². The van der Waals surface area contributed by atoms with Gasteiger partial charge in [0.05, 0.1) is 13.5 Å². The maximum atomic E-state index is 11.2. The number of likely N-dealkylation sites (tertiary alicyclic amines) is 1. The minimum absolute atomic E-state index is 0.117. The van der Waals surface area contributed by atoms with Gasteiger partial charge in [-0.1, -0.05) is 0 Å². The van der Waals surface area contributed by atoms with Crippen molar-refractivity contribution in [3.63, 3.8) is 0 Å². The van der Waals surface area contributed by atoms with E-state index in [9.17, 15) is 4.79 Å². The Morgan fingerprint density at radius 3 is 2.60 bits per heavy atom. The van der Waals surface area contributed by atoms with Crippen molar-refractivity contribution in [2.24, 2.45) is 5.92 Å². The molecule has 0 radical (unpaired) electrons. The Balaban J connectivity index is 2.40. The standard InChI is InChI=1S/C11H22N2O2/c1-12-10(8-11(14)15-3)9-4-6-13(2)7-5-9/h9-10,12H,4-8H2,1-3H3. The van der Waals surface area contributed by atoms with Crippen molar-refractivity contribution in [2.45, 2.75) is 25.3 Å². The molecule has 1 heterocycles. The molecule has 0 saturated carbocycles. The summed E-state index contributed by atoms with van der Waals surface area (Å²) in [6.45, 7) is 2.26. The number of ether oxygens (including phenoxy) is 1. The third-order valence-electron chi connectivity index (χ3n) is 3.32. The van der Waals surface area contributed by atoms with Crippen LogP contribution < -0.4 is 5.32 Å². The van der Waals surface area contributed by atoms with E-state index in [4.69, 9.17) is 4.74 Å². The number of carbonyl (C=O) groups excluding carboxylic acids is 1. The van der Waals surface area contributed by atoms with Crippen LogP contribution in [0.2, 0.25) is 0 Å². The van der Waals surface area contributed by atoms with E-state index in [1.54, 1.807) is 0 Å². The summed E-state index contributed by atoms with van der Waals surface area (Å²) >= 11 is 0. The Hall–Kier alpha value is -0.610. The number of nitrogens with zero attached hydrogens (tertiary/aromatic N) is 1. The summed E-state index contributed by atoms with van der Waals surface area (Å²) in [5.74, 6) is 0.485. The fraction of sp³-hybridized carbons (Fsp3) is 0.909. The number of esters is 1. The first-order chi connectivity index (χ1) is 7.17. The van der Waals surface area contributed by atoms with Crippen LogP contribution in [0.1, 0.15) is 19.3 Å². The lowest BCUT2D eigenvalue weighted by Gasteiger charge is -2.33. The van der Waals surface area contributed by atoms with Crippen LogP contribution in [0.5, 0.6) is 0 Å². The molecule has 0 aliphatic carbocycles. The molecule has 1 unspecified atom stereocenters. The Bertz CT molecular complexity index is 201. The third-order valence-corrected chi connectivity index (χ3v) is 3.32. The molecule has 88 valence electrons. The Morgan fingerprint density at radius 1 is 1.53 bits per heavy atom. The van der Waals surface area contributed by atoms with Crippen molar-refractivity contribution < 1.29 is 9.53 Å². The molecule has 1 fully saturated rings. The van der Waals surface area contributed by atoms with Crippen LogP contribution in [0.15, 0.2) is 0 Å². The molecule has 0 aromatic rings. The van der Waals surface area contributed by atoms with E-state index in [0.29, 0.717) is 12.3 Å². The van der Waals surface area contributed by atoms with Crippen molar-refractivity contribution in [1.82, 2.24) is 10.2 Å². The predicted octanol–water partition coefficient (Wildman–Crippen LogP) is 0.479. The van der Waals surface area contributed by atoms with Gasteiger partial charge in [0, 0.05) is 6.04 Å². The van der Waals surface area contributed by atoms with Gasteiger partial charge in [0.15, 0.2) is 0 Å². The average molecular weight is 214 g/mol. The number of hydrogen-bond acceptors (Lipinski definition) is 4. The third kappa shape index (κ3) is 3.80. The summed E-state index contributed by atoms with van der Waals surface area (Å²) in [5.41, 5.74) is 0. The molecule has 1 rings (SSSR count). The average Bonchev–Trinajstić information content (AvgIpc) is 2.27. The molecule has 0 aromatic heterocycles. The van der Waals surface area contributed by atoms with Crippen LogP contribution in [-0.2, 0) is 9.53 Å². The van der Waals surface area contributed by atoms with Crippen LogP contribution in [0, 0.1) is 5.92 Å². The number of hydrogen-bond donors (Lipinski definition) is 1. The van der Waals surface area contributed by atoms with Gasteiger partial charge in [-0.15, -0.1) is 0 Å². The molecule has 0 bridgehead atoms. The van der Waals surface area contributed by atoms with Crippen LogP contribution >= 0.6 is 0 Å². The first-order valence-corrected chi connectivity index (χ1v) is 5.60. The lowest BCUT2D eigenvalue weighted by molar-refractivity contribution is -0.141. The largest absolute Gasteiger partial charge is 0.469 e. The van der Waals surface area contributed by atoms with Gasteiger partial charge in [-0.3, -0.25) is 4.79 Å². The molecule has 1 saturated heterocycles. The normalized spacial score (nSPS) is 21.3. The highest BCUT2D eigenvalue weighted by Crippen LogP contribution is 2.21. The van der Waals surface area contributed by atoms with E-state index in [0.717, 1.165) is 13.1 Å². The Labute approximate surface area is 92.0 Å². The summed E-state index contributed by atoms with van der Waals surface area (Å²) < 4.78 is 4.71. The quantitative estimate of drug-likeness (QED) is 0.691. The highest BCUT2D eigenvalue weighted by atomic mass is 16.5. The van der Waals surface area contributed by atoms with Crippen LogP contribution in [-0.4, -0.2) is 51.2 Å². The smallest absolute Gasteiger partial charge is 0.307 e. The van der Waals surface area contributed by atoms with Gasteiger partial charge in [0.25, 0.3) is 0 Å². The zero-order valence-electron chi connectivity index (χ0n) is 9.95. The Morgan fingerprint density at radius 2 is 2.13 bits per heavy atom. The predicted molar refractivity (Wildman–Crippen MR) is 59.7 cm³/mol. The highest BCUT2D eigenvalue weighted by Gasteiger charge is 2.26. The molecule has 0 spiro atoms. The van der Waals surface area contributed by atoms with Gasteiger partial charge < -0.3 is 15.0 Å². The van der Waals surface area contributed by atoms with E-state index in [1.165, 1.54) is 20.0 Å². The van der Waals surface area contributed by atoms with E-state index in [2.05, 4.69) is 17.3 Å². The van der Waals surface area contributed by atoms with Crippen LogP contribution in [0.4, 0.5) is 0 Å². The fourth-order valence-corrected chi connectivity index (χ4v) is 2.20. The number of carbonyl (C=O) groups is 1. The molecule has 4 nitrogen and oxygen atoms in total. The van der Waals surface area contributed by atoms with Crippen molar-refractivity contribution in [3.05, 3.63) is 0 Å². The number of piperidine rings is 1. The zero-order chi connectivity index (χ0) is 11.3. The first-order valence-electron chi connectivity index (χ1n) is 5.60. The maximum Gasteiger partial charge on any atom is 0.307 e. The highest BCUT2D eigenvalue weighted by molar-refractivity contribution is 5.69. The first kappa shape index (κ1) is 12.5. The summed E-state index contributed by atoms with van der Waals surface area (Å²) in [6, 6.07) is 0.270. The maximum absolute atomic E-state index is 11.2. The second-order valence-electron chi connectivity index (χ2n) is 4.32. The molecule has 15 heavy (non-hydrogen) atoms. The van der Waals surface area contributed by atoms with Crippen LogP contribution in [0.25, 0.3) is 0 Å². The van der Waals surface area contributed by atoms with Crippen molar-refractivity contribution in [3.8, 4) is 0 Å². The van der Waals surface area contributed by atoms with Crippen molar-refractivity contribution in [1.29, 1.82) is 0 Å². The molecule has 1 aliphatic heterocycles. The molecule has 1 N–H and O–H groups in total. The second-order valence-corrected chi connectivity index (χ2v) is 4.32. The minimum atomic E-state index is -0.117. The SMILES string of the molecule is CNC(CC(=O)OC)C1CCN(C)CC1. The topological polar surface area (TPSA) is 41.6 Å². The van der Waals surface area contributed by atoms with Crippen molar-refractivity contribution in [2.75, 3.05) is 34.3 Å². The lowest BCUT2D eigenvalue weighted by atomic mass is 9.88. The minimum Gasteiger partial charge on any atom is -0.469 e. The molecule has 0 aromatic carbocycles. The van der Waals surface area contributed by atoms with Gasteiger partial charge in [-0.05, 0) is 45.9 Å². The van der Waals surface area contributed by atoms with Gasteiger partial charge in [0.2, 0.25) is 0 Å². The van der Waals surface area contributed by atoms with E-state index in [1.807, 2.05) is 7.05 Å². The number of rotatable bonds is 4. The van der Waals surface area contributed by atoms with Crippen LogP contribution in [0.3, 0.4) is 0 Å². The lowest BCUT2D eigenvalue weighted by Crippen LogP contribution is -2.42. The monoisotopic (exact) mass is 214 g/mol. The van der Waals surface area contributed by atoms with Crippen molar-refractivity contribution >= 4 is 5.97 Å².